The fourth-order valence-electron chi connectivity index (χ4n) is 2.51. The van der Waals surface area contributed by atoms with E-state index in [4.69, 9.17) is 0 Å². The molecular formula is C19H31NO. The van der Waals surface area contributed by atoms with Crippen molar-refractivity contribution < 1.29 is 4.79 Å². The van der Waals surface area contributed by atoms with Crippen LogP contribution in [0.15, 0.2) is 30.3 Å². The van der Waals surface area contributed by atoms with Crippen LogP contribution in [0.2, 0.25) is 0 Å². The lowest BCUT2D eigenvalue weighted by atomic mass is 10.1. The SMILES string of the molecule is CCCCCCCCCCCCNC(=O)c1ccccc1. The van der Waals surface area contributed by atoms with E-state index in [1.165, 1.54) is 57.8 Å². The number of hydrogen-bond donors (Lipinski definition) is 1. The average Bonchev–Trinajstić information content (AvgIpc) is 2.53. The van der Waals surface area contributed by atoms with E-state index < -0.39 is 0 Å². The van der Waals surface area contributed by atoms with Gasteiger partial charge in [0.2, 0.25) is 0 Å². The Morgan fingerprint density at radius 1 is 0.810 bits per heavy atom. The highest BCUT2D eigenvalue weighted by Gasteiger charge is 2.02. The highest BCUT2D eigenvalue weighted by Crippen LogP contribution is 2.10. The summed E-state index contributed by atoms with van der Waals surface area (Å²) >= 11 is 0. The lowest BCUT2D eigenvalue weighted by Crippen LogP contribution is -2.24. The van der Waals surface area contributed by atoms with Gasteiger partial charge in [0.1, 0.15) is 0 Å². The maximum atomic E-state index is 11.8. The van der Waals surface area contributed by atoms with E-state index in [-0.39, 0.29) is 5.91 Å². The molecule has 0 atom stereocenters. The predicted octanol–water partition coefficient (Wildman–Crippen LogP) is 5.34. The second kappa shape index (κ2) is 12.4. The van der Waals surface area contributed by atoms with Crippen molar-refractivity contribution in [3.63, 3.8) is 0 Å². The molecular weight excluding hydrogens is 258 g/mol. The summed E-state index contributed by atoms with van der Waals surface area (Å²) in [5.74, 6) is 0.0477. The molecule has 0 saturated heterocycles. The molecule has 0 aliphatic heterocycles. The summed E-state index contributed by atoms with van der Waals surface area (Å²) in [5.41, 5.74) is 0.754. The van der Waals surface area contributed by atoms with Crippen LogP contribution in [0.1, 0.15) is 81.5 Å². The van der Waals surface area contributed by atoms with E-state index in [0.717, 1.165) is 18.5 Å². The highest BCUT2D eigenvalue weighted by atomic mass is 16.1. The van der Waals surface area contributed by atoms with Gasteiger partial charge < -0.3 is 5.32 Å². The van der Waals surface area contributed by atoms with Crippen LogP contribution < -0.4 is 5.32 Å². The van der Waals surface area contributed by atoms with Crippen molar-refractivity contribution >= 4 is 5.91 Å². The summed E-state index contributed by atoms with van der Waals surface area (Å²) < 4.78 is 0. The molecule has 1 rings (SSSR count). The number of carbonyl (C=O) groups excluding carboxylic acids is 1. The molecule has 21 heavy (non-hydrogen) atoms. The monoisotopic (exact) mass is 289 g/mol. The summed E-state index contributed by atoms with van der Waals surface area (Å²) in [5, 5.41) is 2.99. The Hall–Kier alpha value is -1.31. The Labute approximate surface area is 130 Å². The van der Waals surface area contributed by atoms with Crippen LogP contribution >= 0.6 is 0 Å². The summed E-state index contributed by atoms with van der Waals surface area (Å²) in [6, 6.07) is 9.44. The van der Waals surface area contributed by atoms with Gasteiger partial charge in [-0.15, -0.1) is 0 Å². The van der Waals surface area contributed by atoms with Crippen molar-refractivity contribution in [1.29, 1.82) is 0 Å². The van der Waals surface area contributed by atoms with Crippen molar-refractivity contribution in [1.82, 2.24) is 5.32 Å². The maximum Gasteiger partial charge on any atom is 0.251 e. The summed E-state index contributed by atoms with van der Waals surface area (Å²) in [6.45, 7) is 3.06. The van der Waals surface area contributed by atoms with Gasteiger partial charge in [-0.2, -0.15) is 0 Å². The first-order valence-electron chi connectivity index (χ1n) is 8.68. The first kappa shape index (κ1) is 17.7. The molecule has 0 heterocycles. The molecule has 1 N–H and O–H groups in total. The fraction of sp³-hybridized carbons (Fsp3) is 0.632. The molecule has 2 nitrogen and oxygen atoms in total. The fourth-order valence-corrected chi connectivity index (χ4v) is 2.51. The molecule has 0 bridgehead atoms. The zero-order chi connectivity index (χ0) is 15.2. The van der Waals surface area contributed by atoms with Gasteiger partial charge in [0, 0.05) is 12.1 Å². The number of hydrogen-bond acceptors (Lipinski definition) is 1. The Kier molecular flexibility index (Phi) is 10.5. The summed E-state index contributed by atoms with van der Waals surface area (Å²) in [4.78, 5) is 11.8. The smallest absolute Gasteiger partial charge is 0.251 e. The molecule has 0 spiro atoms. The second-order valence-corrected chi connectivity index (χ2v) is 5.80. The molecule has 1 amide bonds. The molecule has 0 aliphatic rings. The number of carbonyl (C=O) groups is 1. The van der Waals surface area contributed by atoms with Crippen molar-refractivity contribution in [2.24, 2.45) is 0 Å². The van der Waals surface area contributed by atoms with Crippen molar-refractivity contribution in [3.05, 3.63) is 35.9 Å². The molecule has 0 aliphatic carbocycles. The third kappa shape index (κ3) is 9.28. The van der Waals surface area contributed by atoms with Crippen molar-refractivity contribution in [2.45, 2.75) is 71.1 Å². The average molecular weight is 289 g/mol. The normalized spacial score (nSPS) is 10.5. The van der Waals surface area contributed by atoms with Gasteiger partial charge in [-0.25, -0.2) is 0 Å². The largest absolute Gasteiger partial charge is 0.352 e. The predicted molar refractivity (Wildman–Crippen MR) is 90.6 cm³/mol. The first-order valence-corrected chi connectivity index (χ1v) is 8.68. The van der Waals surface area contributed by atoms with Crippen LogP contribution in [-0.4, -0.2) is 12.5 Å². The van der Waals surface area contributed by atoms with Gasteiger partial charge in [-0.3, -0.25) is 4.79 Å². The van der Waals surface area contributed by atoms with E-state index in [1.54, 1.807) is 0 Å². The Morgan fingerprint density at radius 3 is 1.90 bits per heavy atom. The van der Waals surface area contributed by atoms with Crippen LogP contribution in [0.3, 0.4) is 0 Å². The molecule has 0 unspecified atom stereocenters. The van der Waals surface area contributed by atoms with Gasteiger partial charge in [0.15, 0.2) is 0 Å². The van der Waals surface area contributed by atoms with E-state index in [2.05, 4.69) is 12.2 Å². The van der Waals surface area contributed by atoms with Crippen LogP contribution in [-0.2, 0) is 0 Å². The number of nitrogens with one attached hydrogen (secondary N) is 1. The molecule has 0 fully saturated rings. The molecule has 2 heteroatoms. The van der Waals surface area contributed by atoms with Crippen LogP contribution in [0, 0.1) is 0 Å². The maximum absolute atomic E-state index is 11.8. The standard InChI is InChI=1S/C19H31NO/c1-2-3-4-5-6-7-8-9-10-14-17-20-19(21)18-15-12-11-13-16-18/h11-13,15-16H,2-10,14,17H2,1H3,(H,20,21). The van der Waals surface area contributed by atoms with Crippen molar-refractivity contribution in [3.8, 4) is 0 Å². The minimum atomic E-state index is 0.0477. The lowest BCUT2D eigenvalue weighted by molar-refractivity contribution is 0.0953. The van der Waals surface area contributed by atoms with Crippen LogP contribution in [0.4, 0.5) is 0 Å². The topological polar surface area (TPSA) is 29.1 Å². The van der Waals surface area contributed by atoms with E-state index in [1.807, 2.05) is 30.3 Å². The Balaban J connectivity index is 1.88. The number of rotatable bonds is 12. The molecule has 1 aromatic rings. The van der Waals surface area contributed by atoms with Gasteiger partial charge >= 0.3 is 0 Å². The summed E-state index contributed by atoms with van der Waals surface area (Å²) in [6.07, 6.45) is 13.3. The minimum Gasteiger partial charge on any atom is -0.352 e. The third-order valence-corrected chi connectivity index (χ3v) is 3.85. The number of unbranched alkanes of at least 4 members (excludes halogenated alkanes) is 9. The second-order valence-electron chi connectivity index (χ2n) is 5.80. The van der Waals surface area contributed by atoms with E-state index >= 15 is 0 Å². The molecule has 0 radical (unpaired) electrons. The van der Waals surface area contributed by atoms with Crippen LogP contribution in [0.25, 0.3) is 0 Å². The molecule has 0 aromatic heterocycles. The Bertz CT molecular complexity index is 361. The summed E-state index contributed by atoms with van der Waals surface area (Å²) in [7, 11) is 0. The zero-order valence-corrected chi connectivity index (χ0v) is 13.6. The Morgan fingerprint density at radius 2 is 1.33 bits per heavy atom. The third-order valence-electron chi connectivity index (χ3n) is 3.85. The molecule has 1 aromatic carbocycles. The highest BCUT2D eigenvalue weighted by molar-refractivity contribution is 5.94. The number of amides is 1. The minimum absolute atomic E-state index is 0.0477. The van der Waals surface area contributed by atoms with Gasteiger partial charge in [0.25, 0.3) is 5.91 Å². The van der Waals surface area contributed by atoms with Gasteiger partial charge in [-0.05, 0) is 18.6 Å². The lowest BCUT2D eigenvalue weighted by Gasteiger charge is -2.05. The van der Waals surface area contributed by atoms with Gasteiger partial charge in [-0.1, -0.05) is 82.9 Å². The zero-order valence-electron chi connectivity index (χ0n) is 13.6. The van der Waals surface area contributed by atoms with E-state index in [9.17, 15) is 4.79 Å². The van der Waals surface area contributed by atoms with Crippen molar-refractivity contribution in [2.75, 3.05) is 6.54 Å². The quantitative estimate of drug-likeness (QED) is 0.517. The van der Waals surface area contributed by atoms with Gasteiger partial charge in [0.05, 0.1) is 0 Å². The van der Waals surface area contributed by atoms with Crippen LogP contribution in [0.5, 0.6) is 0 Å². The van der Waals surface area contributed by atoms with E-state index in [0.29, 0.717) is 0 Å². The molecule has 118 valence electrons. The number of benzene rings is 1. The first-order chi connectivity index (χ1) is 10.3. The molecule has 0 saturated carbocycles.